The number of aromatic nitrogens is 1. The van der Waals surface area contributed by atoms with E-state index in [1.54, 1.807) is 0 Å². The lowest BCUT2D eigenvalue weighted by Crippen LogP contribution is -2.40. The van der Waals surface area contributed by atoms with Crippen LogP contribution in [0.2, 0.25) is 0 Å². The smallest absolute Gasteiger partial charge is 0.237 e. The molecule has 0 aliphatic carbocycles. The van der Waals surface area contributed by atoms with Crippen LogP contribution in [0.3, 0.4) is 0 Å². The Morgan fingerprint density at radius 3 is 2.71 bits per heavy atom. The van der Waals surface area contributed by atoms with Crippen LogP contribution in [-0.2, 0) is 11.3 Å². The van der Waals surface area contributed by atoms with Gasteiger partial charge in [-0.1, -0.05) is 6.07 Å². The van der Waals surface area contributed by atoms with Crippen molar-refractivity contribution >= 4 is 24.1 Å². The van der Waals surface area contributed by atoms with E-state index in [1.165, 1.54) is 0 Å². The normalized spacial score (nSPS) is 17.1. The quantitative estimate of drug-likeness (QED) is 0.840. The van der Waals surface area contributed by atoms with E-state index in [1.807, 2.05) is 18.3 Å². The summed E-state index contributed by atoms with van der Waals surface area (Å²) in [6, 6.07) is 4.03. The van der Waals surface area contributed by atoms with Gasteiger partial charge in [-0.15, -0.1) is 12.4 Å². The lowest BCUT2D eigenvalue weighted by molar-refractivity contribution is -0.122. The average Bonchev–Trinajstić information content (AvgIpc) is 3.01. The van der Waals surface area contributed by atoms with Gasteiger partial charge in [-0.3, -0.25) is 4.79 Å². The molecular formula is C15H25ClN4O. The van der Waals surface area contributed by atoms with Crippen molar-refractivity contribution in [2.75, 3.05) is 24.5 Å². The number of carbonyl (C=O) groups is 1. The predicted molar refractivity (Wildman–Crippen MR) is 87.9 cm³/mol. The van der Waals surface area contributed by atoms with Crippen LogP contribution in [0.1, 0.15) is 32.3 Å². The molecule has 2 rings (SSSR count). The number of rotatable bonds is 6. The van der Waals surface area contributed by atoms with Gasteiger partial charge in [0, 0.05) is 25.8 Å². The molecule has 1 aliphatic heterocycles. The first-order valence-corrected chi connectivity index (χ1v) is 7.45. The van der Waals surface area contributed by atoms with Crippen LogP contribution in [0.4, 0.5) is 5.82 Å². The maximum Gasteiger partial charge on any atom is 0.237 e. The fourth-order valence-corrected chi connectivity index (χ4v) is 2.48. The van der Waals surface area contributed by atoms with E-state index in [-0.39, 0.29) is 24.4 Å². The lowest BCUT2D eigenvalue weighted by atomic mass is 10.2. The summed E-state index contributed by atoms with van der Waals surface area (Å²) >= 11 is 0. The number of nitrogens with one attached hydrogen (secondary N) is 2. The number of hydrogen-bond donors (Lipinski definition) is 2. The molecule has 21 heavy (non-hydrogen) atoms. The highest BCUT2D eigenvalue weighted by molar-refractivity contribution is 5.85. The van der Waals surface area contributed by atoms with Gasteiger partial charge in [0.15, 0.2) is 0 Å². The van der Waals surface area contributed by atoms with E-state index in [0.717, 1.165) is 43.9 Å². The Morgan fingerprint density at radius 2 is 2.19 bits per heavy atom. The maximum atomic E-state index is 11.9. The average molecular weight is 313 g/mol. The Morgan fingerprint density at radius 1 is 1.43 bits per heavy atom. The molecule has 0 unspecified atom stereocenters. The summed E-state index contributed by atoms with van der Waals surface area (Å²) in [7, 11) is 0. The molecule has 1 amide bonds. The lowest BCUT2D eigenvalue weighted by Gasteiger charge is -2.19. The number of carbonyl (C=O) groups excluding carboxylic acids is 1. The zero-order chi connectivity index (χ0) is 14.4. The highest BCUT2D eigenvalue weighted by Gasteiger charge is 2.21. The first-order valence-electron chi connectivity index (χ1n) is 7.45. The summed E-state index contributed by atoms with van der Waals surface area (Å²) in [5.74, 6) is 1.08. The van der Waals surface area contributed by atoms with Gasteiger partial charge in [0.05, 0.1) is 6.04 Å². The number of nitrogens with zero attached hydrogens (tertiary/aromatic N) is 2. The molecule has 1 aromatic heterocycles. The van der Waals surface area contributed by atoms with E-state index >= 15 is 0 Å². The molecule has 2 N–H and O–H groups in total. The number of halogens is 1. The van der Waals surface area contributed by atoms with Crippen molar-refractivity contribution < 1.29 is 4.79 Å². The molecule has 1 atom stereocenters. The van der Waals surface area contributed by atoms with Crippen LogP contribution in [0, 0.1) is 0 Å². The number of amides is 1. The summed E-state index contributed by atoms with van der Waals surface area (Å²) in [6.45, 7) is 7.63. The fraction of sp³-hybridized carbons (Fsp3) is 0.600. The van der Waals surface area contributed by atoms with Gasteiger partial charge < -0.3 is 15.5 Å². The molecule has 0 saturated carbocycles. The van der Waals surface area contributed by atoms with Crippen molar-refractivity contribution in [3.05, 3.63) is 23.9 Å². The standard InChI is InChI=1S/C15H24N4O.ClH/c1-3-19(4-2)14-8-7-12(10-17-14)11-18-15(20)13-6-5-9-16-13;/h7-8,10,13,16H,3-6,9,11H2,1-2H3,(H,18,20);1H/t13-;/m0./s1. The van der Waals surface area contributed by atoms with Crippen LogP contribution in [0.25, 0.3) is 0 Å². The molecule has 0 spiro atoms. The first-order chi connectivity index (χ1) is 9.74. The molecule has 0 radical (unpaired) electrons. The van der Waals surface area contributed by atoms with Crippen molar-refractivity contribution in [1.29, 1.82) is 0 Å². The minimum atomic E-state index is -0.0158. The maximum absolute atomic E-state index is 11.9. The van der Waals surface area contributed by atoms with E-state index < -0.39 is 0 Å². The van der Waals surface area contributed by atoms with E-state index in [2.05, 4.69) is 34.4 Å². The Hall–Kier alpha value is -1.33. The molecule has 6 heteroatoms. The first kappa shape index (κ1) is 17.7. The van der Waals surface area contributed by atoms with Gasteiger partial charge in [-0.2, -0.15) is 0 Å². The largest absolute Gasteiger partial charge is 0.357 e. The minimum Gasteiger partial charge on any atom is -0.357 e. The highest BCUT2D eigenvalue weighted by atomic mass is 35.5. The van der Waals surface area contributed by atoms with Crippen LogP contribution in [0.5, 0.6) is 0 Å². The van der Waals surface area contributed by atoms with Crippen molar-refractivity contribution in [3.63, 3.8) is 0 Å². The monoisotopic (exact) mass is 312 g/mol. The summed E-state index contributed by atoms with van der Waals surface area (Å²) in [4.78, 5) is 18.5. The van der Waals surface area contributed by atoms with Crippen LogP contribution in [-0.4, -0.2) is 36.6 Å². The summed E-state index contributed by atoms with van der Waals surface area (Å²) < 4.78 is 0. The molecule has 1 aromatic rings. The summed E-state index contributed by atoms with van der Waals surface area (Å²) in [5.41, 5.74) is 1.03. The van der Waals surface area contributed by atoms with Crippen LogP contribution >= 0.6 is 12.4 Å². The third-order valence-corrected chi connectivity index (χ3v) is 3.74. The molecule has 1 fully saturated rings. The second-order valence-electron chi connectivity index (χ2n) is 5.06. The van der Waals surface area contributed by atoms with Crippen LogP contribution < -0.4 is 15.5 Å². The second-order valence-corrected chi connectivity index (χ2v) is 5.06. The highest BCUT2D eigenvalue weighted by Crippen LogP contribution is 2.11. The molecule has 5 nitrogen and oxygen atoms in total. The third-order valence-electron chi connectivity index (χ3n) is 3.74. The van der Waals surface area contributed by atoms with E-state index in [9.17, 15) is 4.79 Å². The topological polar surface area (TPSA) is 57.3 Å². The Bertz CT molecular complexity index is 428. The van der Waals surface area contributed by atoms with Gasteiger partial charge in [-0.05, 0) is 44.9 Å². The van der Waals surface area contributed by atoms with Gasteiger partial charge in [0.1, 0.15) is 5.82 Å². The SMILES string of the molecule is CCN(CC)c1ccc(CNC(=O)[C@@H]2CCCN2)cn1.Cl. The third kappa shape index (κ3) is 4.86. The van der Waals surface area contributed by atoms with Crippen LogP contribution in [0.15, 0.2) is 18.3 Å². The van der Waals surface area contributed by atoms with Crippen molar-refractivity contribution in [2.24, 2.45) is 0 Å². The van der Waals surface area contributed by atoms with Crippen molar-refractivity contribution in [3.8, 4) is 0 Å². The molecule has 2 heterocycles. The van der Waals surface area contributed by atoms with E-state index in [0.29, 0.717) is 6.54 Å². The Kier molecular flexibility index (Phi) is 7.47. The molecule has 0 aromatic carbocycles. The fourth-order valence-electron chi connectivity index (χ4n) is 2.48. The molecule has 1 saturated heterocycles. The minimum absolute atomic E-state index is 0. The summed E-state index contributed by atoms with van der Waals surface area (Å²) in [5, 5.41) is 6.16. The number of pyridine rings is 1. The van der Waals surface area contributed by atoms with Gasteiger partial charge in [0.2, 0.25) is 5.91 Å². The zero-order valence-corrected chi connectivity index (χ0v) is 13.6. The molecular weight excluding hydrogens is 288 g/mol. The Labute approximate surface area is 132 Å². The van der Waals surface area contributed by atoms with Crippen molar-refractivity contribution in [2.45, 2.75) is 39.3 Å². The van der Waals surface area contributed by atoms with Crippen molar-refractivity contribution in [1.82, 2.24) is 15.6 Å². The molecule has 118 valence electrons. The van der Waals surface area contributed by atoms with Gasteiger partial charge in [0.25, 0.3) is 0 Å². The van der Waals surface area contributed by atoms with E-state index in [4.69, 9.17) is 0 Å². The molecule has 1 aliphatic rings. The Balaban J connectivity index is 0.00000220. The number of anilines is 1. The van der Waals surface area contributed by atoms with Gasteiger partial charge in [-0.25, -0.2) is 4.98 Å². The van der Waals surface area contributed by atoms with Gasteiger partial charge >= 0.3 is 0 Å². The zero-order valence-electron chi connectivity index (χ0n) is 12.8. The second kappa shape index (κ2) is 8.85. The summed E-state index contributed by atoms with van der Waals surface area (Å²) in [6.07, 6.45) is 3.86. The predicted octanol–water partition coefficient (Wildman–Crippen LogP) is 1.72. The number of hydrogen-bond acceptors (Lipinski definition) is 4. The molecule has 0 bridgehead atoms.